The summed E-state index contributed by atoms with van der Waals surface area (Å²) in [7, 11) is -7.13. The van der Waals surface area contributed by atoms with Crippen molar-refractivity contribution in [3.05, 3.63) is 74.0 Å². The lowest BCUT2D eigenvalue weighted by atomic mass is 9.82. The van der Waals surface area contributed by atoms with Gasteiger partial charge in [0.15, 0.2) is 0 Å². The number of carbonyl (C=O) groups excluding carboxylic acids is 6. The molecule has 8 aliphatic rings. The summed E-state index contributed by atoms with van der Waals surface area (Å²) < 4.78 is 53.8. The average Bonchev–Trinajstić information content (AvgIpc) is 4.15. The molecule has 0 atom stereocenters. The van der Waals surface area contributed by atoms with Gasteiger partial charge in [0.1, 0.15) is 22.7 Å². The van der Waals surface area contributed by atoms with Gasteiger partial charge in [-0.3, -0.25) is 29.2 Å². The highest BCUT2D eigenvalue weighted by atomic mass is 79.9. The second-order valence-electron chi connectivity index (χ2n) is 21.9. The molecule has 4 N–H and O–H groups in total. The molecule has 4 saturated heterocycles. The molecule has 2 spiro atoms. The van der Waals surface area contributed by atoms with Crippen LogP contribution in [-0.2, 0) is 39.2 Å². The average molecular weight is 1160 g/mol. The number of hydrogen-bond donors (Lipinski definition) is 4. The Morgan fingerprint density at radius 1 is 0.584 bits per heavy atom. The minimum absolute atomic E-state index is 0.0396. The van der Waals surface area contributed by atoms with Crippen LogP contribution in [-0.4, -0.2) is 123 Å². The molecule has 6 aliphatic heterocycles. The number of carbonyl (C=O) groups is 6. The quantitative estimate of drug-likeness (QED) is 0.195. The van der Waals surface area contributed by atoms with E-state index in [1.54, 1.807) is 18.2 Å². The smallest absolute Gasteiger partial charge is 0.328 e. The summed E-state index contributed by atoms with van der Waals surface area (Å²) in [6.07, 6.45) is 12.0. The minimum atomic E-state index is -3.72. The Kier molecular flexibility index (Phi) is 17.2. The van der Waals surface area contributed by atoms with Crippen LogP contribution in [0.2, 0.25) is 0 Å². The molecule has 0 aromatic heterocycles. The van der Waals surface area contributed by atoms with Crippen molar-refractivity contribution < 1.29 is 45.6 Å². The fraction of sp³-hybridized carbons (Fsp3) is 0.556. The first-order chi connectivity index (χ1) is 36.4. The van der Waals surface area contributed by atoms with E-state index in [1.807, 2.05) is 39.8 Å². The van der Waals surface area contributed by atoms with Gasteiger partial charge in [-0.1, -0.05) is 62.0 Å². The zero-order valence-electron chi connectivity index (χ0n) is 44.7. The fourth-order valence-electron chi connectivity index (χ4n) is 11.5. The van der Waals surface area contributed by atoms with Gasteiger partial charge in [0.2, 0.25) is 20.0 Å². The molecule has 2 aromatic carbocycles. The number of imide groups is 2. The number of amidine groups is 2. The van der Waals surface area contributed by atoms with Crippen molar-refractivity contribution >= 4 is 101 Å². The van der Waals surface area contributed by atoms with E-state index in [-0.39, 0.29) is 61.8 Å². The summed E-state index contributed by atoms with van der Waals surface area (Å²) in [4.78, 5) is 84.3. The predicted molar refractivity (Wildman–Crippen MR) is 299 cm³/mol. The molecule has 77 heavy (non-hydrogen) atoms. The first-order valence-corrected chi connectivity index (χ1v) is 30.4. The number of piperidine rings is 2. The van der Waals surface area contributed by atoms with Crippen molar-refractivity contribution in [2.24, 2.45) is 33.7 Å². The second kappa shape index (κ2) is 23.0. The number of halogens is 1. The van der Waals surface area contributed by atoms with E-state index in [0.29, 0.717) is 67.5 Å². The van der Waals surface area contributed by atoms with Crippen LogP contribution in [0.1, 0.15) is 119 Å². The van der Waals surface area contributed by atoms with E-state index in [2.05, 4.69) is 57.6 Å². The zero-order valence-corrected chi connectivity index (χ0v) is 48.0. The van der Waals surface area contributed by atoms with E-state index < -0.39 is 37.2 Å². The molecule has 2 aliphatic carbocycles. The molecule has 2 saturated carbocycles. The summed E-state index contributed by atoms with van der Waals surface area (Å²) in [5.74, 6) is 3.03. The summed E-state index contributed by atoms with van der Waals surface area (Å²) in [5, 5.41) is 13.2. The molecular formula is C54H71BrN10O10S2. The SMILES string of the molecule is C=CS(=O)(=O)N1CCC2(CC1)N=C(C1CCC(C)CC1)NC2=O.Cc1cc(N2C(=O)CNC2=O)cc(C)c1/C=C/S(=O)(=O)N1CCC2(CC1)N=C(C1CCC(C)CC1)NC2=O.Cc1cc(N2C(=O)CNC2=O)cc(C)c1Br. The fourth-order valence-corrected chi connectivity index (χ4v) is 13.8. The summed E-state index contributed by atoms with van der Waals surface area (Å²) >= 11 is 3.45. The van der Waals surface area contributed by atoms with Gasteiger partial charge in [0.05, 0.1) is 24.5 Å². The van der Waals surface area contributed by atoms with Crippen LogP contribution in [0.25, 0.3) is 6.08 Å². The molecule has 23 heteroatoms. The van der Waals surface area contributed by atoms with Gasteiger partial charge in [-0.15, -0.1) is 0 Å². The number of nitrogens with one attached hydrogen (secondary N) is 4. The van der Waals surface area contributed by atoms with E-state index in [0.717, 1.165) is 93.1 Å². The standard InChI is InChI=1S/C27H35N5O5S.C16H25N3O3S.C11H11BrN2O2/c1-17-4-6-20(7-5-17)24-29-25(34)27(30-24)9-11-31(12-10-27)38(36,37)13-8-22-18(2)14-21(15-19(22)3)32-23(33)16-28-26(32)35;1-3-23(21,22)19-10-8-16(9-11-19)15(20)17-14(18-16)13-6-4-12(2)5-7-13;1-6-3-8(4-7(2)10(6)12)14-9(15)5-13-11(14)16/h8,13-15,17,20H,4-7,9-12,16H2,1-3H3,(H,28,35)(H,29,30,34);3,12-13H,1,4-11H2,2H3,(H,17,18,20);3-4H,5H2,1-2H3,(H,13,16)/b13-8+;;. The predicted octanol–water partition coefficient (Wildman–Crippen LogP) is 6.62. The number of rotatable bonds is 9. The third kappa shape index (κ3) is 12.3. The normalized spacial score (nSPS) is 25.6. The Morgan fingerprint density at radius 2 is 0.948 bits per heavy atom. The highest BCUT2D eigenvalue weighted by molar-refractivity contribution is 9.10. The van der Waals surface area contributed by atoms with Crippen LogP contribution in [0.4, 0.5) is 21.0 Å². The first-order valence-electron chi connectivity index (χ1n) is 26.6. The lowest BCUT2D eigenvalue weighted by Crippen LogP contribution is -2.50. The topological polar surface area (TPSA) is 256 Å². The Labute approximate surface area is 460 Å². The number of aryl methyl sites for hydroxylation is 4. The number of benzene rings is 2. The lowest BCUT2D eigenvalue weighted by molar-refractivity contribution is -0.125. The Hall–Kier alpha value is -5.62. The molecule has 2 aromatic rings. The van der Waals surface area contributed by atoms with Crippen molar-refractivity contribution in [1.29, 1.82) is 0 Å². The molecule has 6 heterocycles. The van der Waals surface area contributed by atoms with Crippen LogP contribution in [0.5, 0.6) is 0 Å². The Bertz CT molecular complexity index is 2980. The number of anilines is 2. The Morgan fingerprint density at radius 3 is 1.30 bits per heavy atom. The highest BCUT2D eigenvalue weighted by Gasteiger charge is 2.50. The van der Waals surface area contributed by atoms with Gasteiger partial charge in [-0.2, -0.15) is 8.61 Å². The monoisotopic (exact) mass is 1160 g/mol. The van der Waals surface area contributed by atoms with Gasteiger partial charge in [-0.05, 0) is 149 Å². The molecule has 0 radical (unpaired) electrons. The Balaban J connectivity index is 0.000000170. The van der Waals surface area contributed by atoms with E-state index >= 15 is 0 Å². The highest BCUT2D eigenvalue weighted by Crippen LogP contribution is 2.38. The number of urea groups is 2. The largest absolute Gasteiger partial charge is 0.329 e. The van der Waals surface area contributed by atoms with Crippen LogP contribution in [0.3, 0.4) is 0 Å². The van der Waals surface area contributed by atoms with Gasteiger partial charge in [0.25, 0.3) is 23.6 Å². The van der Waals surface area contributed by atoms with Gasteiger partial charge < -0.3 is 21.3 Å². The molecule has 8 amide bonds. The van der Waals surface area contributed by atoms with Gasteiger partial charge in [-0.25, -0.2) is 36.2 Å². The van der Waals surface area contributed by atoms with E-state index in [9.17, 15) is 45.6 Å². The molecular weight excluding hydrogens is 1090 g/mol. The molecule has 10 rings (SSSR count). The van der Waals surface area contributed by atoms with Crippen LogP contribution < -0.4 is 31.1 Å². The first kappa shape index (κ1) is 57.6. The van der Waals surface area contributed by atoms with Gasteiger partial charge >= 0.3 is 12.1 Å². The maximum atomic E-state index is 13.2. The summed E-state index contributed by atoms with van der Waals surface area (Å²) in [6, 6.07) is 6.22. The lowest BCUT2D eigenvalue weighted by Gasteiger charge is -2.34. The third-order valence-electron chi connectivity index (χ3n) is 16.4. The maximum absolute atomic E-state index is 13.2. The molecule has 416 valence electrons. The number of amides is 8. The third-order valence-corrected chi connectivity index (χ3v) is 20.8. The van der Waals surface area contributed by atoms with Crippen molar-refractivity contribution in [3.8, 4) is 0 Å². The van der Waals surface area contributed by atoms with Crippen molar-refractivity contribution in [1.82, 2.24) is 29.9 Å². The van der Waals surface area contributed by atoms with Crippen molar-refractivity contribution in [2.45, 2.75) is 130 Å². The van der Waals surface area contributed by atoms with Crippen LogP contribution in [0.15, 0.2) is 56.1 Å². The molecule has 0 bridgehead atoms. The zero-order chi connectivity index (χ0) is 55.8. The summed E-state index contributed by atoms with van der Waals surface area (Å²) in [6.45, 7) is 16.5. The molecule has 6 fully saturated rings. The number of aliphatic imine (C=N–C) groups is 2. The second-order valence-corrected chi connectivity index (χ2v) is 26.4. The van der Waals surface area contributed by atoms with Crippen molar-refractivity contribution in [3.63, 3.8) is 0 Å². The molecule has 0 unspecified atom stereocenters. The van der Waals surface area contributed by atoms with Crippen molar-refractivity contribution in [2.75, 3.05) is 49.1 Å². The van der Waals surface area contributed by atoms with Gasteiger partial charge in [0, 0.05) is 53.3 Å². The number of hydrogen-bond acceptors (Lipinski definition) is 12. The number of sulfonamides is 2. The summed E-state index contributed by atoms with van der Waals surface area (Å²) in [5.41, 5.74) is 3.67. The maximum Gasteiger partial charge on any atom is 0.329 e. The van der Waals surface area contributed by atoms with E-state index in [1.165, 1.54) is 31.8 Å². The van der Waals surface area contributed by atoms with Crippen LogP contribution in [0, 0.1) is 51.4 Å². The number of nitrogens with zero attached hydrogens (tertiary/aromatic N) is 6. The van der Waals surface area contributed by atoms with Crippen LogP contribution >= 0.6 is 15.9 Å². The molecule has 20 nitrogen and oxygen atoms in total. The van der Waals surface area contributed by atoms with E-state index in [4.69, 9.17) is 9.98 Å². The minimum Gasteiger partial charge on any atom is -0.328 e.